The number of rotatable bonds is 1. The van der Waals surface area contributed by atoms with Crippen molar-refractivity contribution >= 4 is 23.4 Å². The van der Waals surface area contributed by atoms with Gasteiger partial charge in [-0.3, -0.25) is 0 Å². The molecule has 0 spiro atoms. The van der Waals surface area contributed by atoms with Crippen LogP contribution in [0.4, 0.5) is 10.5 Å². The van der Waals surface area contributed by atoms with Crippen LogP contribution < -0.4 is 4.90 Å². The topological polar surface area (TPSA) is 43.8 Å². The molecule has 0 radical (unpaired) electrons. The van der Waals surface area contributed by atoms with Gasteiger partial charge in [-0.05, 0) is 18.6 Å². The average molecular weight is 255 g/mol. The molecule has 2 rings (SSSR count). The fraction of sp³-hybridized carbons (Fsp3) is 0.417. The predicted octanol–water partition coefficient (Wildman–Crippen LogP) is 2.45. The predicted molar refractivity (Wildman–Crippen MR) is 68.0 cm³/mol. The highest BCUT2D eigenvalue weighted by molar-refractivity contribution is 6.34. The molecule has 0 saturated carbocycles. The Morgan fingerprint density at radius 3 is 2.53 bits per heavy atom. The maximum absolute atomic E-state index is 10.8. The molecule has 0 aliphatic carbocycles. The number of halogens is 1. The minimum absolute atomic E-state index is 0.527. The van der Waals surface area contributed by atoms with E-state index in [0.29, 0.717) is 26.2 Å². The normalized spacial score (nSPS) is 16.1. The second-order valence-corrected chi connectivity index (χ2v) is 4.54. The lowest BCUT2D eigenvalue weighted by atomic mass is 10.2. The summed E-state index contributed by atoms with van der Waals surface area (Å²) >= 11 is 6.25. The van der Waals surface area contributed by atoms with E-state index in [0.717, 1.165) is 16.3 Å². The average Bonchev–Trinajstić information content (AvgIpc) is 2.33. The first-order valence-electron chi connectivity index (χ1n) is 5.57. The van der Waals surface area contributed by atoms with Gasteiger partial charge in [-0.25, -0.2) is 4.79 Å². The summed E-state index contributed by atoms with van der Waals surface area (Å²) in [5.41, 5.74) is 2.04. The Balaban J connectivity index is 2.10. The minimum atomic E-state index is -0.847. The number of carbonyl (C=O) groups is 1. The summed E-state index contributed by atoms with van der Waals surface area (Å²) in [5, 5.41) is 9.64. The highest BCUT2D eigenvalue weighted by Gasteiger charge is 2.21. The van der Waals surface area contributed by atoms with Gasteiger partial charge in [0.1, 0.15) is 0 Å². The van der Waals surface area contributed by atoms with Crippen molar-refractivity contribution in [2.75, 3.05) is 31.1 Å². The van der Waals surface area contributed by atoms with Gasteiger partial charge in [0.15, 0.2) is 0 Å². The van der Waals surface area contributed by atoms with Gasteiger partial charge in [-0.15, -0.1) is 0 Å². The molecule has 4 nitrogen and oxygen atoms in total. The zero-order chi connectivity index (χ0) is 12.4. The molecule has 0 atom stereocenters. The van der Waals surface area contributed by atoms with E-state index in [4.69, 9.17) is 16.7 Å². The number of piperazine rings is 1. The summed E-state index contributed by atoms with van der Waals surface area (Å²) in [6.07, 6.45) is -0.847. The number of hydrogen-bond acceptors (Lipinski definition) is 2. The van der Waals surface area contributed by atoms with Gasteiger partial charge in [-0.2, -0.15) is 0 Å². The van der Waals surface area contributed by atoms with Crippen LogP contribution in [-0.4, -0.2) is 42.3 Å². The van der Waals surface area contributed by atoms with Crippen molar-refractivity contribution in [2.24, 2.45) is 0 Å². The maximum Gasteiger partial charge on any atom is 0.407 e. The van der Waals surface area contributed by atoms with E-state index >= 15 is 0 Å². The quantitative estimate of drug-likeness (QED) is 0.837. The van der Waals surface area contributed by atoms with Gasteiger partial charge in [-0.1, -0.05) is 23.7 Å². The summed E-state index contributed by atoms with van der Waals surface area (Å²) in [7, 11) is 0. The van der Waals surface area contributed by atoms with Crippen LogP contribution in [0.15, 0.2) is 18.2 Å². The van der Waals surface area contributed by atoms with Gasteiger partial charge >= 0.3 is 6.09 Å². The van der Waals surface area contributed by atoms with E-state index in [-0.39, 0.29) is 0 Å². The molecule has 1 aromatic carbocycles. The molecule has 0 bridgehead atoms. The standard InChI is InChI=1S/C12H15ClN2O2/c1-9-3-2-4-10(11(9)13)14-5-7-15(8-6-14)12(16)17/h2-4H,5-8H2,1H3,(H,16,17). The molecule has 1 saturated heterocycles. The summed E-state index contributed by atoms with van der Waals surface area (Å²) in [5.74, 6) is 0. The number of anilines is 1. The summed E-state index contributed by atoms with van der Waals surface area (Å²) in [6.45, 7) is 4.41. The zero-order valence-electron chi connectivity index (χ0n) is 9.69. The number of amides is 1. The summed E-state index contributed by atoms with van der Waals surface area (Å²) < 4.78 is 0. The number of nitrogens with zero attached hydrogens (tertiary/aromatic N) is 2. The van der Waals surface area contributed by atoms with E-state index in [9.17, 15) is 4.79 Å². The largest absolute Gasteiger partial charge is 0.465 e. The third-order valence-corrected chi connectivity index (χ3v) is 3.55. The molecular formula is C12H15ClN2O2. The van der Waals surface area contributed by atoms with Crippen LogP contribution in [0.1, 0.15) is 5.56 Å². The Labute approximate surface area is 105 Å². The van der Waals surface area contributed by atoms with Crippen molar-refractivity contribution in [2.45, 2.75) is 6.92 Å². The number of benzene rings is 1. The van der Waals surface area contributed by atoms with Crippen LogP contribution in [0.25, 0.3) is 0 Å². The molecule has 1 heterocycles. The number of hydrogen-bond donors (Lipinski definition) is 1. The van der Waals surface area contributed by atoms with Crippen LogP contribution >= 0.6 is 11.6 Å². The molecule has 92 valence electrons. The molecule has 0 unspecified atom stereocenters. The molecule has 0 aromatic heterocycles. The van der Waals surface area contributed by atoms with Gasteiger partial charge in [0.2, 0.25) is 0 Å². The second-order valence-electron chi connectivity index (χ2n) is 4.16. The first-order chi connectivity index (χ1) is 8.09. The third kappa shape index (κ3) is 2.47. The SMILES string of the molecule is Cc1cccc(N2CCN(C(=O)O)CC2)c1Cl. The monoisotopic (exact) mass is 254 g/mol. The first kappa shape index (κ1) is 12.0. The van der Waals surface area contributed by atoms with E-state index in [2.05, 4.69) is 4.90 Å². The molecule has 1 N–H and O–H groups in total. The van der Waals surface area contributed by atoms with Crippen molar-refractivity contribution in [3.8, 4) is 0 Å². The van der Waals surface area contributed by atoms with Gasteiger partial charge in [0, 0.05) is 26.2 Å². The molecule has 1 aliphatic rings. The first-order valence-corrected chi connectivity index (χ1v) is 5.95. The molecule has 1 fully saturated rings. The van der Waals surface area contributed by atoms with Gasteiger partial charge in [0.25, 0.3) is 0 Å². The van der Waals surface area contributed by atoms with Crippen LogP contribution in [0.5, 0.6) is 0 Å². The number of aryl methyl sites for hydroxylation is 1. The van der Waals surface area contributed by atoms with Crippen molar-refractivity contribution in [3.05, 3.63) is 28.8 Å². The Morgan fingerprint density at radius 2 is 1.94 bits per heavy atom. The number of carboxylic acid groups (broad SMARTS) is 1. The van der Waals surface area contributed by atoms with Crippen LogP contribution in [-0.2, 0) is 0 Å². The van der Waals surface area contributed by atoms with E-state index in [1.54, 1.807) is 0 Å². The van der Waals surface area contributed by atoms with Crippen molar-refractivity contribution < 1.29 is 9.90 Å². The Hall–Kier alpha value is -1.42. The van der Waals surface area contributed by atoms with Crippen LogP contribution in [0.3, 0.4) is 0 Å². The highest BCUT2D eigenvalue weighted by Crippen LogP contribution is 2.29. The molecule has 1 aliphatic heterocycles. The van der Waals surface area contributed by atoms with Gasteiger partial charge in [0.05, 0.1) is 10.7 Å². The maximum atomic E-state index is 10.8. The Kier molecular flexibility index (Phi) is 3.43. The molecule has 17 heavy (non-hydrogen) atoms. The second kappa shape index (κ2) is 4.84. The van der Waals surface area contributed by atoms with Crippen LogP contribution in [0, 0.1) is 6.92 Å². The molecule has 1 aromatic rings. The van der Waals surface area contributed by atoms with Gasteiger partial charge < -0.3 is 14.9 Å². The fourth-order valence-electron chi connectivity index (χ4n) is 2.01. The molecular weight excluding hydrogens is 240 g/mol. The Bertz CT molecular complexity index is 429. The fourth-order valence-corrected chi connectivity index (χ4v) is 2.26. The lowest BCUT2D eigenvalue weighted by Crippen LogP contribution is -2.48. The summed E-state index contributed by atoms with van der Waals surface area (Å²) in [6, 6.07) is 5.92. The lowest BCUT2D eigenvalue weighted by molar-refractivity contribution is 0.142. The third-order valence-electron chi connectivity index (χ3n) is 3.06. The van der Waals surface area contributed by atoms with Crippen molar-refractivity contribution in [1.82, 2.24) is 4.90 Å². The summed E-state index contributed by atoms with van der Waals surface area (Å²) in [4.78, 5) is 14.4. The smallest absolute Gasteiger partial charge is 0.407 e. The minimum Gasteiger partial charge on any atom is -0.465 e. The van der Waals surface area contributed by atoms with Crippen LogP contribution in [0.2, 0.25) is 5.02 Å². The lowest BCUT2D eigenvalue weighted by Gasteiger charge is -2.35. The highest BCUT2D eigenvalue weighted by atomic mass is 35.5. The zero-order valence-corrected chi connectivity index (χ0v) is 10.4. The van der Waals surface area contributed by atoms with E-state index < -0.39 is 6.09 Å². The van der Waals surface area contributed by atoms with Crippen molar-refractivity contribution in [1.29, 1.82) is 0 Å². The molecule has 1 amide bonds. The van der Waals surface area contributed by atoms with E-state index in [1.807, 2.05) is 25.1 Å². The Morgan fingerprint density at radius 1 is 1.29 bits per heavy atom. The van der Waals surface area contributed by atoms with Crippen molar-refractivity contribution in [3.63, 3.8) is 0 Å². The molecule has 5 heteroatoms. The van der Waals surface area contributed by atoms with E-state index in [1.165, 1.54) is 4.90 Å².